The third-order valence-electron chi connectivity index (χ3n) is 3.52. The fourth-order valence-electron chi connectivity index (χ4n) is 2.30. The molecule has 1 saturated heterocycles. The third kappa shape index (κ3) is 6.51. The maximum absolute atomic E-state index is 12.6. The number of hydrogen-bond acceptors (Lipinski definition) is 4. The number of hydrogen-bond donors (Lipinski definition) is 3. The van der Waals surface area contributed by atoms with Gasteiger partial charge in [0.1, 0.15) is 0 Å². The lowest BCUT2D eigenvalue weighted by Gasteiger charge is -2.22. The van der Waals surface area contributed by atoms with Gasteiger partial charge in [-0.3, -0.25) is 4.79 Å². The first kappa shape index (κ1) is 21.1. The number of thioether (sulfide) groups is 1. The average Bonchev–Trinajstić information content (AvgIpc) is 2.53. The van der Waals surface area contributed by atoms with Crippen LogP contribution in [0.4, 0.5) is 13.2 Å². The van der Waals surface area contributed by atoms with E-state index in [-0.39, 0.29) is 36.5 Å². The lowest BCUT2D eigenvalue weighted by molar-refractivity contribution is -0.137. The van der Waals surface area contributed by atoms with Crippen molar-refractivity contribution in [2.45, 2.75) is 24.7 Å². The number of carbonyl (C=O) groups is 1. The minimum atomic E-state index is -4.46. The van der Waals surface area contributed by atoms with Gasteiger partial charge in [-0.15, -0.1) is 12.4 Å². The zero-order valence-corrected chi connectivity index (χ0v) is 14.4. The van der Waals surface area contributed by atoms with Crippen LogP contribution in [0.2, 0.25) is 0 Å². The van der Waals surface area contributed by atoms with Crippen molar-refractivity contribution < 1.29 is 23.1 Å². The van der Waals surface area contributed by atoms with Gasteiger partial charge in [0.2, 0.25) is 5.91 Å². The molecule has 0 aromatic heterocycles. The minimum Gasteiger partial charge on any atom is -0.387 e. The molecule has 1 aliphatic rings. The van der Waals surface area contributed by atoms with E-state index in [0.717, 1.165) is 30.2 Å². The highest BCUT2D eigenvalue weighted by atomic mass is 35.5. The average molecular weight is 385 g/mol. The smallest absolute Gasteiger partial charge is 0.387 e. The summed E-state index contributed by atoms with van der Waals surface area (Å²) in [6, 6.07) is 4.59. The summed E-state index contributed by atoms with van der Waals surface area (Å²) in [6.07, 6.45) is -5.33. The lowest BCUT2D eigenvalue weighted by Crippen LogP contribution is -2.41. The molecule has 9 heteroatoms. The molecular weight excluding hydrogens is 365 g/mol. The summed E-state index contributed by atoms with van der Waals surface area (Å²) < 4.78 is 37.9. The number of rotatable bonds is 5. The number of halogens is 4. The summed E-state index contributed by atoms with van der Waals surface area (Å²) in [5.74, 6) is 1.65. The Bertz CT molecular complexity index is 540. The Balaban J connectivity index is 0.00000288. The van der Waals surface area contributed by atoms with Gasteiger partial charge in [-0.1, -0.05) is 12.1 Å². The zero-order chi connectivity index (χ0) is 16.9. The first-order chi connectivity index (χ1) is 10.9. The van der Waals surface area contributed by atoms with Gasteiger partial charge < -0.3 is 15.7 Å². The molecule has 1 fully saturated rings. The van der Waals surface area contributed by atoms with Gasteiger partial charge in [0.05, 0.1) is 11.7 Å². The van der Waals surface area contributed by atoms with Crippen LogP contribution in [0.25, 0.3) is 0 Å². The Morgan fingerprint density at radius 1 is 1.46 bits per heavy atom. The fraction of sp³-hybridized carbons (Fsp3) is 0.533. The van der Waals surface area contributed by atoms with Gasteiger partial charge in [-0.2, -0.15) is 24.9 Å². The van der Waals surface area contributed by atoms with Crippen molar-refractivity contribution in [2.24, 2.45) is 0 Å². The Morgan fingerprint density at radius 3 is 2.83 bits per heavy atom. The molecule has 1 aromatic rings. The van der Waals surface area contributed by atoms with Crippen LogP contribution in [0.15, 0.2) is 24.3 Å². The van der Waals surface area contributed by atoms with Crippen LogP contribution in [-0.2, 0) is 11.0 Å². The topological polar surface area (TPSA) is 61.4 Å². The SMILES string of the molecule is Cl.O=C(CC1CSCCN1)NCC(O)c1cccc(C(F)(F)F)c1. The van der Waals surface area contributed by atoms with Crippen molar-refractivity contribution in [3.8, 4) is 0 Å². The molecular formula is C15H20ClF3N2O2S. The van der Waals surface area contributed by atoms with Crippen molar-refractivity contribution in [3.05, 3.63) is 35.4 Å². The Labute approximate surface area is 149 Å². The van der Waals surface area contributed by atoms with E-state index in [4.69, 9.17) is 0 Å². The van der Waals surface area contributed by atoms with E-state index in [1.165, 1.54) is 12.1 Å². The quantitative estimate of drug-likeness (QED) is 0.729. The molecule has 0 spiro atoms. The molecule has 4 nitrogen and oxygen atoms in total. The summed E-state index contributed by atoms with van der Waals surface area (Å²) in [5, 5.41) is 15.8. The van der Waals surface area contributed by atoms with Crippen molar-refractivity contribution in [3.63, 3.8) is 0 Å². The molecule has 136 valence electrons. The fourth-order valence-corrected chi connectivity index (χ4v) is 3.25. The second-order valence-corrected chi connectivity index (χ2v) is 6.52. The predicted molar refractivity (Wildman–Crippen MR) is 90.4 cm³/mol. The van der Waals surface area contributed by atoms with Gasteiger partial charge in [0.15, 0.2) is 0 Å². The summed E-state index contributed by atoms with van der Waals surface area (Å²) in [7, 11) is 0. The van der Waals surface area contributed by atoms with Crippen molar-refractivity contribution >= 4 is 30.1 Å². The van der Waals surface area contributed by atoms with Gasteiger partial charge in [-0.05, 0) is 17.7 Å². The number of benzene rings is 1. The first-order valence-electron chi connectivity index (χ1n) is 7.29. The molecule has 0 radical (unpaired) electrons. The number of aliphatic hydroxyl groups excluding tert-OH is 1. The summed E-state index contributed by atoms with van der Waals surface area (Å²) in [4.78, 5) is 11.8. The monoisotopic (exact) mass is 384 g/mol. The van der Waals surface area contributed by atoms with Gasteiger partial charge in [0, 0.05) is 37.1 Å². The molecule has 1 aliphatic heterocycles. The van der Waals surface area contributed by atoms with Gasteiger partial charge >= 0.3 is 6.18 Å². The number of amides is 1. The van der Waals surface area contributed by atoms with Crippen LogP contribution in [0.3, 0.4) is 0 Å². The Kier molecular flexibility index (Phi) is 8.35. The molecule has 1 aromatic carbocycles. The summed E-state index contributed by atoms with van der Waals surface area (Å²) in [6.45, 7) is 0.746. The standard InChI is InChI=1S/C15H19F3N2O2S.ClH/c16-15(17,18)11-3-1-2-10(6-11)13(21)8-20-14(22)7-12-9-23-5-4-19-12;/h1-3,6,12-13,19,21H,4-5,7-9H2,(H,20,22);1H. The highest BCUT2D eigenvalue weighted by molar-refractivity contribution is 7.99. The van der Waals surface area contributed by atoms with Crippen LogP contribution in [0.1, 0.15) is 23.7 Å². The minimum absolute atomic E-state index is 0. The van der Waals surface area contributed by atoms with E-state index >= 15 is 0 Å². The third-order valence-corrected chi connectivity index (χ3v) is 4.65. The molecule has 1 amide bonds. The number of alkyl halides is 3. The van der Waals surface area contributed by atoms with E-state index in [2.05, 4.69) is 10.6 Å². The summed E-state index contributed by atoms with van der Waals surface area (Å²) >= 11 is 1.77. The van der Waals surface area contributed by atoms with Crippen molar-refractivity contribution in [1.29, 1.82) is 0 Å². The molecule has 2 atom stereocenters. The van der Waals surface area contributed by atoms with E-state index in [9.17, 15) is 23.1 Å². The maximum atomic E-state index is 12.6. The van der Waals surface area contributed by atoms with Crippen molar-refractivity contribution in [1.82, 2.24) is 10.6 Å². The molecule has 24 heavy (non-hydrogen) atoms. The Morgan fingerprint density at radius 2 is 2.21 bits per heavy atom. The van der Waals surface area contributed by atoms with Crippen LogP contribution < -0.4 is 10.6 Å². The first-order valence-corrected chi connectivity index (χ1v) is 8.45. The molecule has 2 rings (SSSR count). The molecule has 2 unspecified atom stereocenters. The molecule has 0 saturated carbocycles. The van der Waals surface area contributed by atoms with Crippen LogP contribution >= 0.6 is 24.2 Å². The molecule has 3 N–H and O–H groups in total. The van der Waals surface area contributed by atoms with E-state index in [0.29, 0.717) is 6.42 Å². The normalized spacial score (nSPS) is 19.2. The molecule has 0 bridgehead atoms. The second kappa shape index (κ2) is 9.50. The highest BCUT2D eigenvalue weighted by Gasteiger charge is 2.30. The highest BCUT2D eigenvalue weighted by Crippen LogP contribution is 2.30. The van der Waals surface area contributed by atoms with Crippen molar-refractivity contribution in [2.75, 3.05) is 24.6 Å². The van der Waals surface area contributed by atoms with Crippen LogP contribution in [0, 0.1) is 0 Å². The molecule has 0 aliphatic carbocycles. The van der Waals surface area contributed by atoms with Crippen LogP contribution in [-0.4, -0.2) is 41.7 Å². The predicted octanol–water partition coefficient (Wildman–Crippen LogP) is 2.37. The number of nitrogens with one attached hydrogen (secondary N) is 2. The van der Waals surface area contributed by atoms with Gasteiger partial charge in [0.25, 0.3) is 0 Å². The molecule has 1 heterocycles. The summed E-state index contributed by atoms with van der Waals surface area (Å²) in [5.41, 5.74) is -0.685. The maximum Gasteiger partial charge on any atom is 0.416 e. The van der Waals surface area contributed by atoms with Crippen LogP contribution in [0.5, 0.6) is 0 Å². The Hall–Kier alpha value is -0.960. The lowest BCUT2D eigenvalue weighted by atomic mass is 10.1. The largest absolute Gasteiger partial charge is 0.416 e. The van der Waals surface area contributed by atoms with E-state index < -0.39 is 17.8 Å². The second-order valence-electron chi connectivity index (χ2n) is 5.37. The van der Waals surface area contributed by atoms with E-state index in [1.54, 1.807) is 11.8 Å². The zero-order valence-electron chi connectivity index (χ0n) is 12.8. The van der Waals surface area contributed by atoms with Gasteiger partial charge in [-0.25, -0.2) is 0 Å². The number of carbonyl (C=O) groups excluding carboxylic acids is 1. The number of aliphatic hydroxyl groups is 1. The van der Waals surface area contributed by atoms with E-state index in [1.807, 2.05) is 0 Å².